The Morgan fingerprint density at radius 2 is 2.38 bits per heavy atom. The minimum atomic E-state index is 0.674. The summed E-state index contributed by atoms with van der Waals surface area (Å²) < 4.78 is 5.25. The van der Waals surface area contributed by atoms with E-state index in [4.69, 9.17) is 4.42 Å². The fourth-order valence-corrected chi connectivity index (χ4v) is 1.12. The van der Waals surface area contributed by atoms with E-state index >= 15 is 0 Å². The molecule has 2 rings (SSSR count). The van der Waals surface area contributed by atoms with Crippen LogP contribution < -0.4 is 10.2 Å². The van der Waals surface area contributed by atoms with Gasteiger partial charge in [0.2, 0.25) is 0 Å². The van der Waals surface area contributed by atoms with Crippen molar-refractivity contribution in [2.45, 2.75) is 25.4 Å². The van der Waals surface area contributed by atoms with E-state index in [1.54, 1.807) is 6.26 Å². The van der Waals surface area contributed by atoms with E-state index < -0.39 is 0 Å². The van der Waals surface area contributed by atoms with E-state index in [1.165, 1.54) is 12.8 Å². The highest BCUT2D eigenvalue weighted by Crippen LogP contribution is 2.19. The molecule has 0 unspecified atom stereocenters. The summed E-state index contributed by atoms with van der Waals surface area (Å²) in [6.07, 6.45) is 4.32. The van der Waals surface area contributed by atoms with Gasteiger partial charge >= 0.3 is 0 Å². The zero-order valence-electron chi connectivity index (χ0n) is 8.08. The van der Waals surface area contributed by atoms with Gasteiger partial charge in [-0.2, -0.15) is 4.98 Å². The third-order valence-corrected chi connectivity index (χ3v) is 2.07. The van der Waals surface area contributed by atoms with Crippen molar-refractivity contribution < 1.29 is 4.42 Å². The highest BCUT2D eigenvalue weighted by molar-refractivity contribution is 5.23. The average molecular weight is 181 g/mol. The van der Waals surface area contributed by atoms with Crippen molar-refractivity contribution in [1.82, 2.24) is 10.3 Å². The Morgan fingerprint density at radius 3 is 2.92 bits per heavy atom. The number of aromatic nitrogens is 1. The van der Waals surface area contributed by atoms with Crippen LogP contribution in [0, 0.1) is 0 Å². The van der Waals surface area contributed by atoms with Gasteiger partial charge in [-0.1, -0.05) is 0 Å². The third-order valence-electron chi connectivity index (χ3n) is 2.07. The van der Waals surface area contributed by atoms with Gasteiger partial charge < -0.3 is 14.6 Å². The largest absolute Gasteiger partial charge is 0.432 e. The van der Waals surface area contributed by atoms with Gasteiger partial charge in [0.05, 0.1) is 5.69 Å². The Kier molecular flexibility index (Phi) is 2.22. The molecule has 0 saturated heterocycles. The van der Waals surface area contributed by atoms with Gasteiger partial charge in [0, 0.05) is 26.7 Å². The number of hydrogen-bond acceptors (Lipinski definition) is 4. The third kappa shape index (κ3) is 2.21. The van der Waals surface area contributed by atoms with Crippen LogP contribution in [0.5, 0.6) is 0 Å². The van der Waals surface area contributed by atoms with E-state index in [1.807, 2.05) is 19.0 Å². The van der Waals surface area contributed by atoms with Crippen LogP contribution in [0.15, 0.2) is 10.7 Å². The van der Waals surface area contributed by atoms with Crippen LogP contribution in [-0.2, 0) is 6.54 Å². The number of hydrogen-bond donors (Lipinski definition) is 1. The highest BCUT2D eigenvalue weighted by Gasteiger charge is 2.20. The molecule has 0 spiro atoms. The molecule has 1 N–H and O–H groups in total. The van der Waals surface area contributed by atoms with E-state index in [-0.39, 0.29) is 0 Å². The Balaban J connectivity index is 1.88. The maximum Gasteiger partial charge on any atom is 0.296 e. The molecule has 13 heavy (non-hydrogen) atoms. The molecule has 1 aliphatic rings. The Morgan fingerprint density at radius 1 is 1.62 bits per heavy atom. The van der Waals surface area contributed by atoms with Crippen molar-refractivity contribution in [3.05, 3.63) is 12.0 Å². The van der Waals surface area contributed by atoms with Crippen LogP contribution in [0.3, 0.4) is 0 Å². The van der Waals surface area contributed by atoms with Gasteiger partial charge in [-0.25, -0.2) is 0 Å². The fraction of sp³-hybridized carbons (Fsp3) is 0.667. The lowest BCUT2D eigenvalue weighted by atomic mass is 10.5. The molecule has 0 aromatic carbocycles. The summed E-state index contributed by atoms with van der Waals surface area (Å²) in [5.74, 6) is 0. The first-order chi connectivity index (χ1) is 6.25. The predicted molar refractivity (Wildman–Crippen MR) is 50.7 cm³/mol. The van der Waals surface area contributed by atoms with Crippen LogP contribution in [-0.4, -0.2) is 25.1 Å². The number of nitrogens with one attached hydrogen (secondary N) is 1. The first-order valence-electron chi connectivity index (χ1n) is 4.61. The summed E-state index contributed by atoms with van der Waals surface area (Å²) >= 11 is 0. The van der Waals surface area contributed by atoms with Crippen molar-refractivity contribution in [3.63, 3.8) is 0 Å². The van der Waals surface area contributed by atoms with Crippen LogP contribution >= 0.6 is 0 Å². The number of oxazole rings is 1. The minimum absolute atomic E-state index is 0.674. The van der Waals surface area contributed by atoms with Crippen molar-refractivity contribution >= 4 is 6.01 Å². The van der Waals surface area contributed by atoms with E-state index in [0.717, 1.165) is 18.3 Å². The lowest BCUT2D eigenvalue weighted by molar-refractivity contribution is 0.553. The topological polar surface area (TPSA) is 41.3 Å². The summed E-state index contributed by atoms with van der Waals surface area (Å²) in [6, 6.07) is 1.40. The lowest BCUT2D eigenvalue weighted by Crippen LogP contribution is -2.16. The van der Waals surface area contributed by atoms with E-state index in [0.29, 0.717) is 6.01 Å². The average Bonchev–Trinajstić information content (AvgIpc) is 2.79. The van der Waals surface area contributed by atoms with Gasteiger partial charge in [0.15, 0.2) is 0 Å². The molecule has 72 valence electrons. The van der Waals surface area contributed by atoms with Crippen molar-refractivity contribution in [2.75, 3.05) is 19.0 Å². The molecule has 1 heterocycles. The molecule has 4 nitrogen and oxygen atoms in total. The number of nitrogens with zero attached hydrogens (tertiary/aromatic N) is 2. The van der Waals surface area contributed by atoms with Gasteiger partial charge in [-0.05, 0) is 12.8 Å². The standard InChI is InChI=1S/C9H15N3O/c1-12(2)9-11-8(6-13-9)5-10-7-3-4-7/h6-7,10H,3-5H2,1-2H3. The molecule has 1 aromatic rings. The molecule has 1 aliphatic carbocycles. The molecule has 1 saturated carbocycles. The maximum atomic E-state index is 5.25. The first-order valence-corrected chi connectivity index (χ1v) is 4.61. The zero-order valence-corrected chi connectivity index (χ0v) is 8.08. The molecule has 0 radical (unpaired) electrons. The van der Waals surface area contributed by atoms with Crippen LogP contribution in [0.2, 0.25) is 0 Å². The van der Waals surface area contributed by atoms with E-state index in [2.05, 4.69) is 10.3 Å². The van der Waals surface area contributed by atoms with Gasteiger partial charge in [0.25, 0.3) is 6.01 Å². The second-order valence-electron chi connectivity index (χ2n) is 3.67. The minimum Gasteiger partial charge on any atom is -0.432 e. The summed E-state index contributed by atoms with van der Waals surface area (Å²) in [6.45, 7) is 0.821. The normalized spacial score (nSPS) is 16.2. The van der Waals surface area contributed by atoms with Gasteiger partial charge in [-0.15, -0.1) is 0 Å². The SMILES string of the molecule is CN(C)c1nc(CNC2CC2)co1. The van der Waals surface area contributed by atoms with Crippen LogP contribution in [0.25, 0.3) is 0 Å². The number of anilines is 1. The highest BCUT2D eigenvalue weighted by atomic mass is 16.4. The summed E-state index contributed by atoms with van der Waals surface area (Å²) in [5.41, 5.74) is 0.982. The maximum absolute atomic E-state index is 5.25. The summed E-state index contributed by atoms with van der Waals surface area (Å²) in [7, 11) is 3.84. The lowest BCUT2D eigenvalue weighted by Gasteiger charge is -2.03. The quantitative estimate of drug-likeness (QED) is 0.752. The molecule has 0 atom stereocenters. The molecular weight excluding hydrogens is 166 g/mol. The molecule has 1 fully saturated rings. The first kappa shape index (κ1) is 8.56. The van der Waals surface area contributed by atoms with Crippen molar-refractivity contribution in [2.24, 2.45) is 0 Å². The molecule has 0 bridgehead atoms. The Labute approximate surface area is 77.9 Å². The summed E-state index contributed by atoms with van der Waals surface area (Å²) in [5, 5.41) is 3.38. The Hall–Kier alpha value is -1.03. The monoisotopic (exact) mass is 181 g/mol. The fourth-order valence-electron chi connectivity index (χ4n) is 1.12. The molecular formula is C9H15N3O. The molecule has 0 amide bonds. The second-order valence-corrected chi connectivity index (χ2v) is 3.67. The van der Waals surface area contributed by atoms with Gasteiger partial charge in [-0.3, -0.25) is 0 Å². The van der Waals surface area contributed by atoms with Crippen LogP contribution in [0.1, 0.15) is 18.5 Å². The second kappa shape index (κ2) is 3.38. The van der Waals surface area contributed by atoms with Crippen LogP contribution in [0.4, 0.5) is 6.01 Å². The molecule has 0 aliphatic heterocycles. The van der Waals surface area contributed by atoms with Crippen molar-refractivity contribution in [3.8, 4) is 0 Å². The molecule has 1 aromatic heterocycles. The van der Waals surface area contributed by atoms with Crippen molar-refractivity contribution in [1.29, 1.82) is 0 Å². The molecule has 4 heteroatoms. The smallest absolute Gasteiger partial charge is 0.296 e. The Bertz CT molecular complexity index is 278. The predicted octanol–water partition coefficient (Wildman–Crippen LogP) is 0.993. The summed E-state index contributed by atoms with van der Waals surface area (Å²) in [4.78, 5) is 6.17. The number of rotatable bonds is 4. The zero-order chi connectivity index (χ0) is 9.26. The van der Waals surface area contributed by atoms with E-state index in [9.17, 15) is 0 Å². The van der Waals surface area contributed by atoms with Gasteiger partial charge in [0.1, 0.15) is 6.26 Å².